The molecule has 2 aliphatic heterocycles. The summed E-state index contributed by atoms with van der Waals surface area (Å²) in [6.45, 7) is 1.29. The fourth-order valence-corrected chi connectivity index (χ4v) is 3.53. The highest BCUT2D eigenvalue weighted by Crippen LogP contribution is 2.42. The summed E-state index contributed by atoms with van der Waals surface area (Å²) in [5.41, 5.74) is 0.828. The maximum Gasteiger partial charge on any atom is 0.325 e. The number of para-hydroxylation sites is 2. The lowest BCUT2D eigenvalue weighted by Crippen LogP contribution is -2.33. The Bertz CT molecular complexity index is 974. The van der Waals surface area contributed by atoms with Crippen LogP contribution >= 0.6 is 11.6 Å². The minimum Gasteiger partial charge on any atom is -0.287 e. The van der Waals surface area contributed by atoms with E-state index in [0.29, 0.717) is 5.69 Å². The number of Topliss-reactive ketones (excluding diaryl/α,β-unsaturated/α-hetero) is 2. The number of ketones is 2. The number of carbonyl (C=O) groups is 4. The number of halogens is 1. The van der Waals surface area contributed by atoms with Crippen molar-refractivity contribution in [2.24, 2.45) is 0 Å². The highest BCUT2D eigenvalue weighted by Gasteiger charge is 2.45. The molecule has 0 aliphatic carbocycles. The number of rotatable bonds is 0. The number of anilines is 2. The molecule has 0 bridgehead atoms. The number of fused-ring (bicyclic) bond motifs is 2. The predicted octanol–water partition coefficient (Wildman–Crippen LogP) is 3.51. The molecular formula is C19H11ClN2O4. The summed E-state index contributed by atoms with van der Waals surface area (Å²) >= 11 is 5.72. The topological polar surface area (TPSA) is 74.8 Å². The predicted molar refractivity (Wildman–Crippen MR) is 95.5 cm³/mol. The molecule has 0 aromatic heterocycles. The van der Waals surface area contributed by atoms with Gasteiger partial charge in [0.15, 0.2) is 0 Å². The Morgan fingerprint density at radius 1 is 0.769 bits per heavy atom. The van der Waals surface area contributed by atoms with Crippen molar-refractivity contribution in [2.45, 2.75) is 6.92 Å². The van der Waals surface area contributed by atoms with Crippen molar-refractivity contribution >= 4 is 45.8 Å². The van der Waals surface area contributed by atoms with Gasteiger partial charge < -0.3 is 0 Å². The van der Waals surface area contributed by atoms with Crippen molar-refractivity contribution in [3.05, 3.63) is 71.1 Å². The van der Waals surface area contributed by atoms with Crippen LogP contribution in [0.25, 0.3) is 0 Å². The fraction of sp³-hybridized carbons (Fsp3) is 0.0526. The summed E-state index contributed by atoms with van der Waals surface area (Å²) in [4.78, 5) is 52.4. The molecule has 0 radical (unpaired) electrons. The maximum absolute atomic E-state index is 13.0. The van der Waals surface area contributed by atoms with Crippen LogP contribution in [0.4, 0.5) is 16.2 Å². The van der Waals surface area contributed by atoms with Gasteiger partial charge in [-0.25, -0.2) is 0 Å². The van der Waals surface area contributed by atoms with Crippen molar-refractivity contribution in [3.8, 4) is 0 Å². The lowest BCUT2D eigenvalue weighted by atomic mass is 10.1. The molecule has 4 rings (SSSR count). The third-order valence-electron chi connectivity index (χ3n) is 4.37. The Morgan fingerprint density at radius 2 is 1.19 bits per heavy atom. The molecule has 128 valence electrons. The van der Waals surface area contributed by atoms with Gasteiger partial charge in [-0.3, -0.25) is 29.0 Å². The molecule has 0 atom stereocenters. The van der Waals surface area contributed by atoms with Crippen LogP contribution in [0.1, 0.15) is 27.6 Å². The van der Waals surface area contributed by atoms with Crippen LogP contribution in [-0.2, 0) is 4.79 Å². The van der Waals surface area contributed by atoms with E-state index in [0.717, 1.165) is 9.80 Å². The third-order valence-corrected chi connectivity index (χ3v) is 4.54. The van der Waals surface area contributed by atoms with Gasteiger partial charge >= 0.3 is 5.37 Å². The lowest BCUT2D eigenvalue weighted by Gasteiger charge is -2.21. The van der Waals surface area contributed by atoms with Crippen LogP contribution < -0.4 is 9.80 Å². The SMILES string of the molecule is CC(=O)N1/C(=C2\C(=O)c3ccccc3N2C(=O)Cl)C(=O)c2ccccc21. The van der Waals surface area contributed by atoms with Gasteiger partial charge in [0.2, 0.25) is 17.5 Å². The number of benzene rings is 2. The highest BCUT2D eigenvalue weighted by molar-refractivity contribution is 6.67. The molecule has 2 amide bonds. The largest absolute Gasteiger partial charge is 0.325 e. The van der Waals surface area contributed by atoms with Crippen molar-refractivity contribution in [1.82, 2.24) is 0 Å². The van der Waals surface area contributed by atoms with Crippen LogP contribution in [0.5, 0.6) is 0 Å². The van der Waals surface area contributed by atoms with Crippen LogP contribution in [-0.4, -0.2) is 22.8 Å². The van der Waals surface area contributed by atoms with Crippen molar-refractivity contribution < 1.29 is 19.2 Å². The average Bonchev–Trinajstić information content (AvgIpc) is 3.07. The summed E-state index contributed by atoms with van der Waals surface area (Å²) in [7, 11) is 0. The molecular weight excluding hydrogens is 356 g/mol. The van der Waals surface area contributed by atoms with Gasteiger partial charge in [-0.1, -0.05) is 24.3 Å². The van der Waals surface area contributed by atoms with Gasteiger partial charge in [0, 0.05) is 18.1 Å². The lowest BCUT2D eigenvalue weighted by molar-refractivity contribution is -0.116. The zero-order chi connectivity index (χ0) is 18.6. The van der Waals surface area contributed by atoms with Crippen LogP contribution in [0.3, 0.4) is 0 Å². The Hall–Kier alpha value is -3.25. The van der Waals surface area contributed by atoms with Crippen LogP contribution in [0.15, 0.2) is 59.9 Å². The van der Waals surface area contributed by atoms with Gasteiger partial charge in [-0.2, -0.15) is 0 Å². The summed E-state index contributed by atoms with van der Waals surface area (Å²) in [6.07, 6.45) is 0. The summed E-state index contributed by atoms with van der Waals surface area (Å²) in [5, 5.41) is -0.932. The van der Waals surface area contributed by atoms with Gasteiger partial charge in [0.25, 0.3) is 0 Å². The zero-order valence-corrected chi connectivity index (χ0v) is 14.3. The van der Waals surface area contributed by atoms with Crippen LogP contribution in [0, 0.1) is 0 Å². The normalized spacial score (nSPS) is 18.2. The number of amides is 2. The number of nitrogens with zero attached hydrogens (tertiary/aromatic N) is 2. The first-order valence-electron chi connectivity index (χ1n) is 7.75. The second-order valence-corrected chi connectivity index (χ2v) is 6.16. The minimum atomic E-state index is -0.932. The molecule has 0 saturated heterocycles. The Kier molecular flexibility index (Phi) is 3.52. The number of allylic oxidation sites excluding steroid dienone is 2. The van der Waals surface area contributed by atoms with E-state index in [9.17, 15) is 19.2 Å². The first-order chi connectivity index (χ1) is 12.4. The van der Waals surface area contributed by atoms with Crippen molar-refractivity contribution in [2.75, 3.05) is 9.80 Å². The number of hydrogen-bond donors (Lipinski definition) is 0. The molecule has 7 heteroatoms. The maximum atomic E-state index is 13.0. The van der Waals surface area contributed by atoms with Gasteiger partial charge in [-0.05, 0) is 35.9 Å². The van der Waals surface area contributed by atoms with E-state index in [-0.39, 0.29) is 28.2 Å². The monoisotopic (exact) mass is 366 g/mol. The van der Waals surface area contributed by atoms with E-state index in [4.69, 9.17) is 11.6 Å². The molecule has 2 heterocycles. The zero-order valence-electron chi connectivity index (χ0n) is 13.5. The van der Waals surface area contributed by atoms with E-state index in [1.165, 1.54) is 6.92 Å². The van der Waals surface area contributed by atoms with E-state index in [1.807, 2.05) is 0 Å². The van der Waals surface area contributed by atoms with E-state index >= 15 is 0 Å². The smallest absolute Gasteiger partial charge is 0.287 e. The Balaban J connectivity index is 2.05. The third kappa shape index (κ3) is 2.06. The molecule has 0 spiro atoms. The number of hydrogen-bond acceptors (Lipinski definition) is 4. The van der Waals surface area contributed by atoms with Crippen molar-refractivity contribution in [1.29, 1.82) is 0 Å². The molecule has 0 fully saturated rings. The summed E-state index contributed by atoms with van der Waals surface area (Å²) < 4.78 is 0. The summed E-state index contributed by atoms with van der Waals surface area (Å²) in [5.74, 6) is -1.48. The number of carbonyl (C=O) groups excluding carboxylic acids is 4. The molecule has 0 N–H and O–H groups in total. The fourth-order valence-electron chi connectivity index (χ4n) is 3.36. The van der Waals surface area contributed by atoms with Gasteiger partial charge in [0.1, 0.15) is 11.4 Å². The molecule has 26 heavy (non-hydrogen) atoms. The Labute approximate surface area is 153 Å². The average molecular weight is 367 g/mol. The second kappa shape index (κ2) is 5.64. The van der Waals surface area contributed by atoms with Gasteiger partial charge in [-0.15, -0.1) is 0 Å². The first-order valence-corrected chi connectivity index (χ1v) is 8.13. The molecule has 2 aromatic carbocycles. The van der Waals surface area contributed by atoms with E-state index in [2.05, 4.69) is 0 Å². The summed E-state index contributed by atoms with van der Waals surface area (Å²) in [6, 6.07) is 12.9. The molecule has 0 saturated carbocycles. The van der Waals surface area contributed by atoms with E-state index < -0.39 is 22.8 Å². The molecule has 0 unspecified atom stereocenters. The molecule has 2 aliphatic rings. The van der Waals surface area contributed by atoms with Crippen molar-refractivity contribution in [3.63, 3.8) is 0 Å². The molecule has 6 nitrogen and oxygen atoms in total. The molecule has 2 aromatic rings. The quantitative estimate of drug-likeness (QED) is 0.406. The highest BCUT2D eigenvalue weighted by atomic mass is 35.5. The Morgan fingerprint density at radius 3 is 1.65 bits per heavy atom. The van der Waals surface area contributed by atoms with E-state index in [1.54, 1.807) is 48.5 Å². The second-order valence-electron chi connectivity index (χ2n) is 5.83. The first kappa shape index (κ1) is 16.2. The van der Waals surface area contributed by atoms with Gasteiger partial charge in [0.05, 0.1) is 11.4 Å². The minimum absolute atomic E-state index is 0.158. The van der Waals surface area contributed by atoms with Crippen LogP contribution in [0.2, 0.25) is 0 Å². The standard InChI is InChI=1S/C19H11ClN2O4/c1-10(23)21-13-8-4-2-6-11(13)17(24)15(21)16-18(25)12-7-3-5-9-14(12)22(16)19(20)26/h2-9H,1H3/b16-15+.